The number of hydrogen-bond donors (Lipinski definition) is 2. The van der Waals surface area contributed by atoms with E-state index < -0.39 is 15.6 Å². The summed E-state index contributed by atoms with van der Waals surface area (Å²) in [5.74, 6) is 5.08. The second-order valence-corrected chi connectivity index (χ2v) is 6.52. The second kappa shape index (κ2) is 5.89. The number of aliphatic hydroxyl groups excluding tert-OH is 1. The maximum absolute atomic E-state index is 12.3. The third kappa shape index (κ3) is 3.55. The Kier molecular flexibility index (Phi) is 4.40. The van der Waals surface area contributed by atoms with Crippen LogP contribution in [0, 0.1) is 11.8 Å². The van der Waals surface area contributed by atoms with E-state index in [4.69, 9.17) is 9.84 Å². The molecule has 1 aliphatic heterocycles. The van der Waals surface area contributed by atoms with Crippen molar-refractivity contribution in [1.82, 2.24) is 9.71 Å². The summed E-state index contributed by atoms with van der Waals surface area (Å²) in [4.78, 5) is 3.92. The number of hydrogen-bond acceptors (Lipinski definition) is 5. The van der Waals surface area contributed by atoms with Gasteiger partial charge in [0.2, 0.25) is 10.0 Å². The molecule has 1 saturated heterocycles. The van der Waals surface area contributed by atoms with Gasteiger partial charge in [-0.3, -0.25) is 4.98 Å². The van der Waals surface area contributed by atoms with Gasteiger partial charge < -0.3 is 9.84 Å². The highest BCUT2D eigenvalue weighted by Crippen LogP contribution is 2.21. The van der Waals surface area contributed by atoms with Crippen molar-refractivity contribution >= 4 is 10.0 Å². The van der Waals surface area contributed by atoms with Gasteiger partial charge in [-0.2, -0.15) is 0 Å². The van der Waals surface area contributed by atoms with E-state index in [0.717, 1.165) is 0 Å². The van der Waals surface area contributed by atoms with Crippen LogP contribution in [0.3, 0.4) is 0 Å². The highest BCUT2D eigenvalue weighted by Gasteiger charge is 2.34. The largest absolute Gasteiger partial charge is 0.384 e. The molecule has 2 rings (SSSR count). The van der Waals surface area contributed by atoms with Crippen molar-refractivity contribution in [3.63, 3.8) is 0 Å². The summed E-state index contributed by atoms with van der Waals surface area (Å²) < 4.78 is 32.5. The monoisotopic (exact) mass is 296 g/mol. The molecule has 0 aliphatic carbocycles. The smallest absolute Gasteiger partial charge is 0.242 e. The van der Waals surface area contributed by atoms with Crippen LogP contribution in [0.15, 0.2) is 23.4 Å². The molecule has 1 aliphatic rings. The van der Waals surface area contributed by atoms with Gasteiger partial charge >= 0.3 is 0 Å². The lowest BCUT2D eigenvalue weighted by Gasteiger charge is -2.23. The first-order valence-electron chi connectivity index (χ1n) is 6.12. The van der Waals surface area contributed by atoms with E-state index in [2.05, 4.69) is 21.5 Å². The number of aliphatic hydroxyl groups is 1. The van der Waals surface area contributed by atoms with Crippen LogP contribution >= 0.6 is 0 Å². The summed E-state index contributed by atoms with van der Waals surface area (Å²) >= 11 is 0. The quantitative estimate of drug-likeness (QED) is 0.759. The Bertz CT molecular complexity index is 640. The van der Waals surface area contributed by atoms with Crippen molar-refractivity contribution in [2.75, 3.05) is 19.8 Å². The van der Waals surface area contributed by atoms with Crippen molar-refractivity contribution in [2.45, 2.75) is 23.8 Å². The number of pyridine rings is 1. The average Bonchev–Trinajstić information content (AvgIpc) is 2.82. The van der Waals surface area contributed by atoms with Gasteiger partial charge in [-0.15, -0.1) is 0 Å². The molecule has 0 amide bonds. The van der Waals surface area contributed by atoms with E-state index in [-0.39, 0.29) is 11.5 Å². The van der Waals surface area contributed by atoms with Crippen molar-refractivity contribution in [3.8, 4) is 11.8 Å². The summed E-state index contributed by atoms with van der Waals surface area (Å²) in [6.07, 6.45) is 3.34. The maximum Gasteiger partial charge on any atom is 0.242 e. The summed E-state index contributed by atoms with van der Waals surface area (Å²) in [6.45, 7) is 2.41. The minimum Gasteiger partial charge on any atom is -0.384 e. The highest BCUT2D eigenvalue weighted by atomic mass is 32.2. The van der Waals surface area contributed by atoms with E-state index in [9.17, 15) is 8.42 Å². The molecule has 2 N–H and O–H groups in total. The molecule has 0 bridgehead atoms. The van der Waals surface area contributed by atoms with Gasteiger partial charge in [0.1, 0.15) is 11.5 Å². The van der Waals surface area contributed by atoms with Crippen LogP contribution in [0.25, 0.3) is 0 Å². The molecule has 1 fully saturated rings. The molecule has 108 valence electrons. The zero-order valence-electron chi connectivity index (χ0n) is 11.1. The Balaban J connectivity index is 2.25. The van der Waals surface area contributed by atoms with Crippen molar-refractivity contribution in [1.29, 1.82) is 0 Å². The topological polar surface area (TPSA) is 88.5 Å². The van der Waals surface area contributed by atoms with Crippen molar-refractivity contribution < 1.29 is 18.3 Å². The van der Waals surface area contributed by atoms with Gasteiger partial charge in [0.15, 0.2) is 0 Å². The lowest BCUT2D eigenvalue weighted by Crippen LogP contribution is -2.46. The lowest BCUT2D eigenvalue weighted by atomic mass is 10.0. The molecule has 2 heterocycles. The Labute approximate surface area is 118 Å². The van der Waals surface area contributed by atoms with Crippen LogP contribution in [-0.4, -0.2) is 43.9 Å². The predicted molar refractivity (Wildman–Crippen MR) is 72.4 cm³/mol. The SMILES string of the molecule is CC1(NS(=O)(=O)c2cncc(C#CCO)c2)CCOC1. The summed E-state index contributed by atoms with van der Waals surface area (Å²) in [7, 11) is -3.67. The maximum atomic E-state index is 12.3. The average molecular weight is 296 g/mol. The number of ether oxygens (including phenoxy) is 1. The first kappa shape index (κ1) is 14.9. The van der Waals surface area contributed by atoms with Crippen LogP contribution in [0.5, 0.6) is 0 Å². The summed E-state index contributed by atoms with van der Waals surface area (Å²) in [6, 6.07) is 1.43. The second-order valence-electron chi connectivity index (χ2n) is 4.84. The minimum absolute atomic E-state index is 0.0513. The van der Waals surface area contributed by atoms with Crippen LogP contribution in [-0.2, 0) is 14.8 Å². The summed E-state index contributed by atoms with van der Waals surface area (Å²) in [5, 5.41) is 8.64. The van der Waals surface area contributed by atoms with E-state index in [1.807, 2.05) is 0 Å². The van der Waals surface area contributed by atoms with Gasteiger partial charge in [0.25, 0.3) is 0 Å². The highest BCUT2D eigenvalue weighted by molar-refractivity contribution is 7.89. The van der Waals surface area contributed by atoms with Gasteiger partial charge in [-0.1, -0.05) is 11.8 Å². The Morgan fingerprint density at radius 3 is 3.00 bits per heavy atom. The third-order valence-corrected chi connectivity index (χ3v) is 4.54. The van der Waals surface area contributed by atoms with Crippen LogP contribution in [0.4, 0.5) is 0 Å². The van der Waals surface area contributed by atoms with Crippen LogP contribution in [0.1, 0.15) is 18.9 Å². The van der Waals surface area contributed by atoms with Crippen molar-refractivity contribution in [3.05, 3.63) is 24.0 Å². The molecule has 0 aromatic carbocycles. The molecule has 1 atom stereocenters. The fraction of sp³-hybridized carbons (Fsp3) is 0.462. The van der Waals surface area contributed by atoms with E-state index in [1.54, 1.807) is 6.92 Å². The van der Waals surface area contributed by atoms with Crippen LogP contribution in [0.2, 0.25) is 0 Å². The number of nitrogens with one attached hydrogen (secondary N) is 1. The molecule has 1 aromatic heterocycles. The first-order chi connectivity index (χ1) is 9.45. The van der Waals surface area contributed by atoms with Gasteiger partial charge in [-0.25, -0.2) is 13.1 Å². The third-order valence-electron chi connectivity index (χ3n) is 2.93. The van der Waals surface area contributed by atoms with Crippen molar-refractivity contribution in [2.24, 2.45) is 0 Å². The zero-order valence-corrected chi connectivity index (χ0v) is 11.9. The standard InChI is InChI=1S/C13H16N2O4S/c1-13(4-6-19-10-13)15-20(17,18)12-7-11(3-2-5-16)8-14-9-12/h7-9,15-16H,4-6,10H2,1H3. The van der Waals surface area contributed by atoms with Gasteiger partial charge in [-0.05, 0) is 19.4 Å². The Morgan fingerprint density at radius 1 is 1.55 bits per heavy atom. The molecule has 20 heavy (non-hydrogen) atoms. The molecule has 1 unspecified atom stereocenters. The molecule has 0 saturated carbocycles. The van der Waals surface area contributed by atoms with Gasteiger partial charge in [0.05, 0.1) is 12.1 Å². The predicted octanol–water partition coefficient (Wildman–Crippen LogP) is -0.117. The number of rotatable bonds is 3. The summed E-state index contributed by atoms with van der Waals surface area (Å²) in [5.41, 5.74) is -0.152. The van der Waals surface area contributed by atoms with E-state index in [1.165, 1.54) is 18.5 Å². The number of aromatic nitrogens is 1. The molecular formula is C13H16N2O4S. The number of sulfonamides is 1. The lowest BCUT2D eigenvalue weighted by molar-refractivity contribution is 0.178. The molecular weight excluding hydrogens is 280 g/mol. The zero-order chi connectivity index (χ0) is 14.6. The van der Waals surface area contributed by atoms with Crippen LogP contribution < -0.4 is 4.72 Å². The molecule has 1 aromatic rings. The van der Waals surface area contributed by atoms with E-state index in [0.29, 0.717) is 25.2 Å². The molecule has 6 nitrogen and oxygen atoms in total. The molecule has 0 spiro atoms. The van der Waals surface area contributed by atoms with Gasteiger partial charge in [0, 0.05) is 24.6 Å². The first-order valence-corrected chi connectivity index (χ1v) is 7.60. The molecule has 7 heteroatoms. The normalized spacial score (nSPS) is 22.3. The number of nitrogens with zero attached hydrogens (tertiary/aromatic N) is 1. The fourth-order valence-corrected chi connectivity index (χ4v) is 3.32. The van der Waals surface area contributed by atoms with E-state index >= 15 is 0 Å². The molecule has 0 radical (unpaired) electrons. The Morgan fingerprint density at radius 2 is 2.35 bits per heavy atom. The minimum atomic E-state index is -3.67. The Hall–Kier alpha value is -1.46. The fourth-order valence-electron chi connectivity index (χ4n) is 1.91.